The zero-order valence-corrected chi connectivity index (χ0v) is 7.86. The van der Waals surface area contributed by atoms with Crippen LogP contribution in [0.5, 0.6) is 0 Å². The van der Waals surface area contributed by atoms with Gasteiger partial charge in [0.25, 0.3) is 0 Å². The molecule has 3 heteroatoms. The highest BCUT2D eigenvalue weighted by Crippen LogP contribution is 2.00. The largest absolute Gasteiger partial charge is 0.229 e. The van der Waals surface area contributed by atoms with Crippen molar-refractivity contribution in [2.75, 3.05) is 11.5 Å². The van der Waals surface area contributed by atoms with Crippen molar-refractivity contribution in [3.8, 4) is 0 Å². The Morgan fingerprint density at radius 1 is 1.36 bits per heavy atom. The van der Waals surface area contributed by atoms with Gasteiger partial charge in [-0.15, -0.1) is 0 Å². The molecule has 0 atom stereocenters. The molecule has 0 heterocycles. The van der Waals surface area contributed by atoms with Gasteiger partial charge >= 0.3 is 0 Å². The number of hydrogen-bond acceptors (Lipinski definition) is 2. The van der Waals surface area contributed by atoms with Crippen LogP contribution in [-0.2, 0) is 9.84 Å². The Bertz CT molecular complexity index is 171. The van der Waals surface area contributed by atoms with E-state index in [1.54, 1.807) is 13.3 Å². The van der Waals surface area contributed by atoms with Crippen LogP contribution in [0, 0.1) is 13.3 Å². The van der Waals surface area contributed by atoms with E-state index >= 15 is 0 Å². The Morgan fingerprint density at radius 3 is 2.45 bits per heavy atom. The fraction of sp³-hybridized carbons (Fsp3) is 0.750. The van der Waals surface area contributed by atoms with Crippen LogP contribution in [0.3, 0.4) is 0 Å². The fourth-order valence-electron chi connectivity index (χ4n) is 0.836. The van der Waals surface area contributed by atoms with Gasteiger partial charge in [0.15, 0.2) is 9.84 Å². The SMILES string of the molecule is [CH2]CCCCS(=O)(=O)C[CH]C. The minimum absolute atomic E-state index is 0.212. The summed E-state index contributed by atoms with van der Waals surface area (Å²) in [7, 11) is -2.79. The van der Waals surface area contributed by atoms with E-state index in [-0.39, 0.29) is 5.75 Å². The third-order valence-electron chi connectivity index (χ3n) is 1.38. The van der Waals surface area contributed by atoms with Crippen molar-refractivity contribution in [3.05, 3.63) is 13.3 Å². The molecule has 2 radical (unpaired) electrons. The van der Waals surface area contributed by atoms with E-state index in [1.165, 1.54) is 0 Å². The Labute approximate surface area is 69.9 Å². The second-order valence-electron chi connectivity index (χ2n) is 2.58. The highest BCUT2D eigenvalue weighted by molar-refractivity contribution is 7.91. The van der Waals surface area contributed by atoms with Crippen LogP contribution >= 0.6 is 0 Å². The standard InChI is InChI=1S/C8H16O2S/c1-3-5-6-8-11(9,10)7-4-2/h4H,1,3,5-8H2,2H3. The maximum atomic E-state index is 11.1. The third-order valence-corrected chi connectivity index (χ3v) is 3.13. The molecule has 0 aliphatic heterocycles. The van der Waals surface area contributed by atoms with Gasteiger partial charge in [-0.3, -0.25) is 0 Å². The highest BCUT2D eigenvalue weighted by atomic mass is 32.2. The lowest BCUT2D eigenvalue weighted by Crippen LogP contribution is -2.10. The summed E-state index contributed by atoms with van der Waals surface area (Å²) in [5.74, 6) is 0.525. The van der Waals surface area contributed by atoms with Gasteiger partial charge in [0.05, 0.1) is 11.5 Å². The molecular formula is C8H16O2S. The molecule has 11 heavy (non-hydrogen) atoms. The molecule has 0 aliphatic carbocycles. The molecule has 0 aromatic rings. The summed E-state index contributed by atoms with van der Waals surface area (Å²) >= 11 is 0. The summed E-state index contributed by atoms with van der Waals surface area (Å²) in [5, 5.41) is 0. The van der Waals surface area contributed by atoms with Gasteiger partial charge < -0.3 is 0 Å². The molecule has 0 fully saturated rings. The van der Waals surface area contributed by atoms with Crippen LogP contribution in [0.25, 0.3) is 0 Å². The number of rotatable bonds is 6. The molecule has 0 unspecified atom stereocenters. The quantitative estimate of drug-likeness (QED) is 0.576. The zero-order valence-electron chi connectivity index (χ0n) is 7.04. The molecule has 0 aromatic carbocycles. The summed E-state index contributed by atoms with van der Waals surface area (Å²) in [5.41, 5.74) is 0. The molecule has 0 amide bonds. The van der Waals surface area contributed by atoms with E-state index in [0.717, 1.165) is 19.3 Å². The minimum Gasteiger partial charge on any atom is -0.229 e. The van der Waals surface area contributed by atoms with Crippen molar-refractivity contribution in [1.82, 2.24) is 0 Å². The Morgan fingerprint density at radius 2 is 2.00 bits per heavy atom. The molecule has 0 N–H and O–H groups in total. The normalized spacial score (nSPS) is 11.8. The minimum atomic E-state index is -2.79. The van der Waals surface area contributed by atoms with E-state index in [1.807, 2.05) is 0 Å². The van der Waals surface area contributed by atoms with Crippen molar-refractivity contribution < 1.29 is 8.42 Å². The lowest BCUT2D eigenvalue weighted by Gasteiger charge is -2.00. The molecule has 2 nitrogen and oxygen atoms in total. The van der Waals surface area contributed by atoms with Crippen LogP contribution in [0.4, 0.5) is 0 Å². The molecule has 0 saturated heterocycles. The fourth-order valence-corrected chi connectivity index (χ4v) is 2.15. The topological polar surface area (TPSA) is 34.1 Å². The lowest BCUT2D eigenvalue weighted by atomic mass is 10.3. The molecule has 0 rings (SSSR count). The van der Waals surface area contributed by atoms with E-state index in [0.29, 0.717) is 5.75 Å². The van der Waals surface area contributed by atoms with Crippen LogP contribution < -0.4 is 0 Å². The van der Waals surface area contributed by atoms with E-state index in [2.05, 4.69) is 6.92 Å². The maximum Gasteiger partial charge on any atom is 0.150 e. The summed E-state index contributed by atoms with van der Waals surface area (Å²) in [6, 6.07) is 0. The van der Waals surface area contributed by atoms with E-state index < -0.39 is 9.84 Å². The summed E-state index contributed by atoms with van der Waals surface area (Å²) < 4.78 is 22.1. The average Bonchev–Trinajstić information content (AvgIpc) is 1.87. The second kappa shape index (κ2) is 5.58. The van der Waals surface area contributed by atoms with Crippen molar-refractivity contribution in [3.63, 3.8) is 0 Å². The van der Waals surface area contributed by atoms with Gasteiger partial charge in [-0.2, -0.15) is 0 Å². The summed E-state index contributed by atoms with van der Waals surface area (Å²) in [6.45, 7) is 5.41. The highest BCUT2D eigenvalue weighted by Gasteiger charge is 2.07. The van der Waals surface area contributed by atoms with Gasteiger partial charge in [-0.1, -0.05) is 26.7 Å². The molecular weight excluding hydrogens is 160 g/mol. The first-order chi connectivity index (χ1) is 5.12. The van der Waals surface area contributed by atoms with E-state index in [9.17, 15) is 8.42 Å². The van der Waals surface area contributed by atoms with Crippen molar-refractivity contribution in [2.24, 2.45) is 0 Å². The lowest BCUT2D eigenvalue weighted by molar-refractivity contribution is 0.593. The first kappa shape index (κ1) is 11.0. The van der Waals surface area contributed by atoms with Crippen LogP contribution in [0.1, 0.15) is 26.2 Å². The van der Waals surface area contributed by atoms with Gasteiger partial charge in [0, 0.05) is 0 Å². The predicted octanol–water partition coefficient (Wildman–Crippen LogP) is 1.63. The van der Waals surface area contributed by atoms with E-state index in [4.69, 9.17) is 0 Å². The van der Waals surface area contributed by atoms with Gasteiger partial charge in [0.2, 0.25) is 0 Å². The zero-order chi connectivity index (χ0) is 8.74. The number of sulfone groups is 1. The van der Waals surface area contributed by atoms with Crippen molar-refractivity contribution in [2.45, 2.75) is 26.2 Å². The second-order valence-corrected chi connectivity index (χ2v) is 4.81. The first-order valence-corrected chi connectivity index (χ1v) is 5.72. The number of unbranched alkanes of at least 4 members (excludes halogenated alkanes) is 2. The monoisotopic (exact) mass is 176 g/mol. The van der Waals surface area contributed by atoms with Gasteiger partial charge in [-0.05, 0) is 12.8 Å². The summed E-state index contributed by atoms with van der Waals surface area (Å²) in [4.78, 5) is 0. The molecule has 0 saturated carbocycles. The van der Waals surface area contributed by atoms with Crippen LogP contribution in [0.2, 0.25) is 0 Å². The van der Waals surface area contributed by atoms with Gasteiger partial charge in [-0.25, -0.2) is 8.42 Å². The third kappa shape index (κ3) is 6.35. The van der Waals surface area contributed by atoms with Crippen molar-refractivity contribution >= 4 is 9.84 Å². The first-order valence-electron chi connectivity index (χ1n) is 3.90. The van der Waals surface area contributed by atoms with Crippen molar-refractivity contribution in [1.29, 1.82) is 0 Å². The Kier molecular flexibility index (Phi) is 5.56. The predicted molar refractivity (Wildman–Crippen MR) is 47.8 cm³/mol. The molecule has 0 spiro atoms. The Balaban J connectivity index is 3.56. The number of hydrogen-bond donors (Lipinski definition) is 0. The van der Waals surface area contributed by atoms with Crippen LogP contribution in [-0.4, -0.2) is 19.9 Å². The maximum absolute atomic E-state index is 11.1. The smallest absolute Gasteiger partial charge is 0.150 e. The average molecular weight is 176 g/mol. The molecule has 66 valence electrons. The summed E-state index contributed by atoms with van der Waals surface area (Å²) in [6.07, 6.45) is 4.16. The molecule has 0 aliphatic rings. The van der Waals surface area contributed by atoms with Gasteiger partial charge in [0.1, 0.15) is 0 Å². The molecule has 0 bridgehead atoms. The Hall–Kier alpha value is -0.0500. The van der Waals surface area contributed by atoms with Crippen LogP contribution in [0.15, 0.2) is 0 Å². The molecule has 0 aromatic heterocycles.